The topological polar surface area (TPSA) is 111 Å². The van der Waals surface area contributed by atoms with Crippen molar-refractivity contribution in [3.05, 3.63) is 71.3 Å². The van der Waals surface area contributed by atoms with Crippen molar-refractivity contribution in [1.29, 1.82) is 10.5 Å². The Balaban J connectivity index is 2.09. The van der Waals surface area contributed by atoms with Gasteiger partial charge in [-0.2, -0.15) is 10.5 Å². The van der Waals surface area contributed by atoms with Crippen LogP contribution >= 0.6 is 0 Å². The van der Waals surface area contributed by atoms with E-state index in [0.717, 1.165) is 0 Å². The molecule has 0 aliphatic heterocycles. The summed E-state index contributed by atoms with van der Waals surface area (Å²) in [5.41, 5.74) is 0.680. The molecule has 0 saturated heterocycles. The predicted molar refractivity (Wildman–Crippen MR) is 104 cm³/mol. The highest BCUT2D eigenvalue weighted by molar-refractivity contribution is 6.14. The highest BCUT2D eigenvalue weighted by Gasteiger charge is 2.21. The summed E-state index contributed by atoms with van der Waals surface area (Å²) in [5, 5.41) is 17.4. The highest BCUT2D eigenvalue weighted by atomic mass is 16.5. The van der Waals surface area contributed by atoms with Crippen LogP contribution in [0.2, 0.25) is 0 Å². The van der Waals surface area contributed by atoms with E-state index in [4.69, 9.17) is 15.3 Å². The number of benzene rings is 2. The number of nitriles is 2. The van der Waals surface area contributed by atoms with E-state index in [-0.39, 0.29) is 42.8 Å². The first kappa shape index (κ1) is 21.3. The lowest BCUT2D eigenvalue weighted by Gasteiger charge is -2.20. The Morgan fingerprint density at radius 1 is 0.828 bits per heavy atom. The lowest BCUT2D eigenvalue weighted by Crippen LogP contribution is -2.36. The molecule has 29 heavy (non-hydrogen) atoms. The zero-order valence-electron chi connectivity index (χ0n) is 15.7. The third-order valence-electron chi connectivity index (χ3n) is 4.09. The van der Waals surface area contributed by atoms with Gasteiger partial charge in [0, 0.05) is 24.2 Å². The van der Waals surface area contributed by atoms with Crippen molar-refractivity contribution in [2.24, 2.45) is 0 Å². The van der Waals surface area contributed by atoms with Gasteiger partial charge < -0.3 is 9.64 Å². The normalized spacial score (nSPS) is 9.72. The van der Waals surface area contributed by atoms with E-state index in [0.29, 0.717) is 5.56 Å². The summed E-state index contributed by atoms with van der Waals surface area (Å²) < 4.78 is 5.11. The molecule has 7 heteroatoms. The molecule has 0 radical (unpaired) electrons. The van der Waals surface area contributed by atoms with Crippen LogP contribution in [0.3, 0.4) is 0 Å². The molecule has 0 saturated carbocycles. The fourth-order valence-corrected chi connectivity index (χ4v) is 2.63. The molecule has 0 heterocycles. The van der Waals surface area contributed by atoms with Crippen molar-refractivity contribution in [1.82, 2.24) is 4.90 Å². The summed E-state index contributed by atoms with van der Waals surface area (Å²) >= 11 is 0. The van der Waals surface area contributed by atoms with Gasteiger partial charge in [0.1, 0.15) is 0 Å². The van der Waals surface area contributed by atoms with Gasteiger partial charge in [-0.1, -0.05) is 48.5 Å². The molecule has 0 aromatic heterocycles. The van der Waals surface area contributed by atoms with E-state index >= 15 is 0 Å². The molecule has 0 aliphatic carbocycles. The predicted octanol–water partition coefficient (Wildman–Crippen LogP) is 2.73. The minimum Gasteiger partial charge on any atom is -0.452 e. The average Bonchev–Trinajstić information content (AvgIpc) is 2.77. The molecular weight excluding hydrogens is 370 g/mol. The van der Waals surface area contributed by atoms with Crippen molar-refractivity contribution in [3.63, 3.8) is 0 Å². The molecule has 0 aliphatic rings. The van der Waals surface area contributed by atoms with Crippen molar-refractivity contribution in [3.8, 4) is 12.1 Å². The van der Waals surface area contributed by atoms with Gasteiger partial charge in [0.2, 0.25) is 0 Å². The quantitative estimate of drug-likeness (QED) is 0.481. The summed E-state index contributed by atoms with van der Waals surface area (Å²) in [7, 11) is 0. The van der Waals surface area contributed by atoms with Gasteiger partial charge >= 0.3 is 5.97 Å². The SMILES string of the molecule is N#CCCN(CCC#N)C(=O)COC(=O)c1ccccc1C(=O)c1ccccc1. The molecule has 0 atom stereocenters. The summed E-state index contributed by atoms with van der Waals surface area (Å²) in [6, 6.07) is 18.6. The molecule has 0 unspecified atom stereocenters. The summed E-state index contributed by atoms with van der Waals surface area (Å²) in [6.07, 6.45) is 0.221. The molecule has 2 rings (SSSR count). The minimum atomic E-state index is -0.793. The van der Waals surface area contributed by atoms with Crippen molar-refractivity contribution in [2.75, 3.05) is 19.7 Å². The first-order valence-electron chi connectivity index (χ1n) is 8.96. The second-order valence-electron chi connectivity index (χ2n) is 6.01. The maximum atomic E-state index is 12.7. The number of carbonyl (C=O) groups is 3. The first-order valence-corrected chi connectivity index (χ1v) is 8.96. The third-order valence-corrected chi connectivity index (χ3v) is 4.09. The van der Waals surface area contributed by atoms with Crippen LogP contribution in [-0.2, 0) is 9.53 Å². The zero-order valence-corrected chi connectivity index (χ0v) is 15.7. The number of rotatable bonds is 9. The molecule has 7 nitrogen and oxygen atoms in total. The number of ether oxygens (including phenoxy) is 1. The third kappa shape index (κ3) is 6.02. The molecule has 0 fully saturated rings. The van der Waals surface area contributed by atoms with Crippen LogP contribution in [0, 0.1) is 22.7 Å². The standard InChI is InChI=1S/C22H19N3O4/c23-12-6-14-25(15-7-13-24)20(26)16-29-22(28)19-11-5-4-10-18(19)21(27)17-8-2-1-3-9-17/h1-5,8-11H,6-7,14-16H2. The zero-order chi connectivity index (χ0) is 21.1. The lowest BCUT2D eigenvalue weighted by molar-refractivity contribution is -0.134. The second-order valence-corrected chi connectivity index (χ2v) is 6.01. The number of hydrogen-bond acceptors (Lipinski definition) is 6. The largest absolute Gasteiger partial charge is 0.452 e. The first-order chi connectivity index (χ1) is 14.1. The van der Waals surface area contributed by atoms with Crippen molar-refractivity contribution in [2.45, 2.75) is 12.8 Å². The number of esters is 1. The van der Waals surface area contributed by atoms with Crippen LogP contribution in [0.4, 0.5) is 0 Å². The number of amides is 1. The van der Waals surface area contributed by atoms with Gasteiger partial charge in [-0.15, -0.1) is 0 Å². The Bertz CT molecular complexity index is 940. The molecular formula is C22H19N3O4. The number of hydrogen-bond donors (Lipinski definition) is 0. The number of ketones is 1. The fraction of sp³-hybridized carbons (Fsp3) is 0.227. The van der Waals surface area contributed by atoms with Crippen LogP contribution in [0.25, 0.3) is 0 Å². The van der Waals surface area contributed by atoms with Gasteiger partial charge in [-0.3, -0.25) is 9.59 Å². The molecule has 0 bridgehead atoms. The molecule has 1 amide bonds. The number of carbonyl (C=O) groups excluding carboxylic acids is 3. The van der Waals surface area contributed by atoms with E-state index < -0.39 is 18.5 Å². The van der Waals surface area contributed by atoms with Gasteiger partial charge in [0.25, 0.3) is 5.91 Å². The summed E-state index contributed by atoms with van der Waals surface area (Å²) in [6.45, 7) is -0.237. The van der Waals surface area contributed by atoms with Gasteiger partial charge in [-0.25, -0.2) is 4.79 Å². The molecule has 2 aromatic carbocycles. The van der Waals surface area contributed by atoms with E-state index in [1.165, 1.54) is 17.0 Å². The minimum absolute atomic E-state index is 0.0646. The fourth-order valence-electron chi connectivity index (χ4n) is 2.63. The molecule has 0 N–H and O–H groups in total. The lowest BCUT2D eigenvalue weighted by atomic mass is 9.98. The maximum Gasteiger partial charge on any atom is 0.339 e. The Hall–Kier alpha value is -3.97. The van der Waals surface area contributed by atoms with Crippen molar-refractivity contribution >= 4 is 17.7 Å². The van der Waals surface area contributed by atoms with Crippen LogP contribution in [0.5, 0.6) is 0 Å². The second kappa shape index (κ2) is 11.0. The van der Waals surface area contributed by atoms with E-state index in [2.05, 4.69) is 0 Å². The Kier molecular flexibility index (Phi) is 8.10. The van der Waals surface area contributed by atoms with Gasteiger partial charge in [0.05, 0.1) is 30.5 Å². The highest BCUT2D eigenvalue weighted by Crippen LogP contribution is 2.16. The van der Waals surface area contributed by atoms with Crippen LogP contribution in [0.1, 0.15) is 39.1 Å². The molecule has 146 valence electrons. The monoisotopic (exact) mass is 389 g/mol. The van der Waals surface area contributed by atoms with E-state index in [1.54, 1.807) is 42.5 Å². The van der Waals surface area contributed by atoms with Crippen LogP contribution in [0.15, 0.2) is 54.6 Å². The smallest absolute Gasteiger partial charge is 0.339 e. The number of nitrogens with zero attached hydrogens (tertiary/aromatic N) is 3. The summed E-state index contributed by atoms with van der Waals surface area (Å²) in [5.74, 6) is -1.62. The van der Waals surface area contributed by atoms with Crippen LogP contribution < -0.4 is 0 Å². The Labute approximate surface area is 168 Å². The van der Waals surface area contributed by atoms with Crippen LogP contribution in [-0.4, -0.2) is 42.3 Å². The van der Waals surface area contributed by atoms with E-state index in [9.17, 15) is 14.4 Å². The maximum absolute atomic E-state index is 12.7. The van der Waals surface area contributed by atoms with Crippen molar-refractivity contribution < 1.29 is 19.1 Å². The summed E-state index contributed by atoms with van der Waals surface area (Å²) in [4.78, 5) is 38.8. The van der Waals surface area contributed by atoms with Gasteiger partial charge in [0.15, 0.2) is 12.4 Å². The van der Waals surface area contributed by atoms with E-state index in [1.807, 2.05) is 12.1 Å². The Morgan fingerprint density at radius 3 is 1.97 bits per heavy atom. The van der Waals surface area contributed by atoms with Gasteiger partial charge in [-0.05, 0) is 6.07 Å². The Morgan fingerprint density at radius 2 is 1.38 bits per heavy atom. The molecule has 0 spiro atoms. The molecule has 2 aromatic rings. The average molecular weight is 389 g/mol.